The largest absolute Gasteiger partial charge is 0.392 e. The van der Waals surface area contributed by atoms with Crippen LogP contribution >= 0.6 is 0 Å². The van der Waals surface area contributed by atoms with Crippen molar-refractivity contribution in [2.45, 2.75) is 13.5 Å². The molecular formula is C21H18N2O. The van der Waals surface area contributed by atoms with Crippen molar-refractivity contribution in [2.24, 2.45) is 0 Å². The molecule has 2 N–H and O–H groups in total. The fraction of sp³-hybridized carbons (Fsp3) is 0.0952. The number of nitrogens with one attached hydrogen (secondary N) is 1. The molecule has 118 valence electrons. The molecule has 0 aliphatic heterocycles. The molecule has 0 bridgehead atoms. The van der Waals surface area contributed by atoms with E-state index < -0.39 is 0 Å². The summed E-state index contributed by atoms with van der Waals surface area (Å²) >= 11 is 0. The van der Waals surface area contributed by atoms with Gasteiger partial charge in [0.2, 0.25) is 0 Å². The summed E-state index contributed by atoms with van der Waals surface area (Å²) < 4.78 is 0. The molecule has 0 saturated carbocycles. The molecule has 0 amide bonds. The van der Waals surface area contributed by atoms with Crippen LogP contribution in [0.1, 0.15) is 11.1 Å². The third-order valence-corrected chi connectivity index (χ3v) is 4.24. The van der Waals surface area contributed by atoms with Crippen LogP contribution in [0.15, 0.2) is 66.7 Å². The average Bonchev–Trinajstić information content (AvgIpc) is 2.62. The van der Waals surface area contributed by atoms with Crippen LogP contribution in [-0.2, 0) is 6.61 Å². The minimum absolute atomic E-state index is 0.0562. The van der Waals surface area contributed by atoms with Crippen molar-refractivity contribution in [3.63, 3.8) is 0 Å². The molecule has 3 heteroatoms. The topological polar surface area (TPSA) is 45.1 Å². The summed E-state index contributed by atoms with van der Waals surface area (Å²) in [5.74, 6) is 0. The van der Waals surface area contributed by atoms with Gasteiger partial charge in [-0.15, -0.1) is 0 Å². The second kappa shape index (κ2) is 5.95. The minimum atomic E-state index is 0.0562. The van der Waals surface area contributed by atoms with E-state index >= 15 is 0 Å². The maximum atomic E-state index is 9.20. The highest BCUT2D eigenvalue weighted by Gasteiger charge is 2.09. The number of aromatic nitrogens is 1. The quantitative estimate of drug-likeness (QED) is 0.527. The standard InChI is InChI=1S/C21H18N2O/c1-14-6-11-18-20(12-14)23-19-5-3-2-4-17(19)21(18)22-16-9-7-15(13-24)8-10-16/h2-12,24H,13H2,1H3,(H,22,23). The first-order valence-electron chi connectivity index (χ1n) is 8.00. The molecule has 0 spiro atoms. The van der Waals surface area contributed by atoms with Crippen molar-refractivity contribution < 1.29 is 5.11 Å². The van der Waals surface area contributed by atoms with Gasteiger partial charge < -0.3 is 10.4 Å². The highest BCUT2D eigenvalue weighted by molar-refractivity contribution is 6.08. The van der Waals surface area contributed by atoms with Crippen LogP contribution in [0.3, 0.4) is 0 Å². The van der Waals surface area contributed by atoms with E-state index in [0.29, 0.717) is 0 Å². The lowest BCUT2D eigenvalue weighted by molar-refractivity contribution is 0.282. The van der Waals surface area contributed by atoms with Gasteiger partial charge in [0.1, 0.15) is 0 Å². The second-order valence-electron chi connectivity index (χ2n) is 6.00. The molecule has 0 fully saturated rings. The zero-order valence-corrected chi connectivity index (χ0v) is 13.5. The van der Waals surface area contributed by atoms with E-state index in [0.717, 1.165) is 38.7 Å². The number of rotatable bonds is 3. The molecule has 0 atom stereocenters. The number of aryl methyl sites for hydroxylation is 1. The lowest BCUT2D eigenvalue weighted by Crippen LogP contribution is -1.96. The van der Waals surface area contributed by atoms with Gasteiger partial charge in [-0.2, -0.15) is 0 Å². The third kappa shape index (κ3) is 2.59. The van der Waals surface area contributed by atoms with Gasteiger partial charge in [0.05, 0.1) is 23.3 Å². The van der Waals surface area contributed by atoms with Crippen molar-refractivity contribution in [2.75, 3.05) is 5.32 Å². The molecular weight excluding hydrogens is 296 g/mol. The average molecular weight is 314 g/mol. The Kier molecular flexibility index (Phi) is 3.63. The zero-order chi connectivity index (χ0) is 16.5. The van der Waals surface area contributed by atoms with E-state index in [4.69, 9.17) is 4.98 Å². The van der Waals surface area contributed by atoms with Crippen molar-refractivity contribution in [3.8, 4) is 0 Å². The van der Waals surface area contributed by atoms with Gasteiger partial charge in [0, 0.05) is 16.5 Å². The molecule has 0 aliphatic carbocycles. The van der Waals surface area contributed by atoms with Crippen molar-refractivity contribution >= 4 is 33.2 Å². The number of anilines is 2. The number of para-hydroxylation sites is 1. The molecule has 4 aromatic rings. The monoisotopic (exact) mass is 314 g/mol. The van der Waals surface area contributed by atoms with Crippen LogP contribution in [-0.4, -0.2) is 10.1 Å². The molecule has 1 aromatic heterocycles. The number of nitrogens with zero attached hydrogens (tertiary/aromatic N) is 1. The zero-order valence-electron chi connectivity index (χ0n) is 13.5. The minimum Gasteiger partial charge on any atom is -0.392 e. The van der Waals surface area contributed by atoms with E-state index in [-0.39, 0.29) is 6.61 Å². The first kappa shape index (κ1) is 14.7. The van der Waals surface area contributed by atoms with Gasteiger partial charge in [-0.25, -0.2) is 4.98 Å². The number of fused-ring (bicyclic) bond motifs is 2. The number of aliphatic hydroxyl groups is 1. The van der Waals surface area contributed by atoms with E-state index in [1.165, 1.54) is 5.56 Å². The first-order valence-corrected chi connectivity index (χ1v) is 8.00. The number of aliphatic hydroxyl groups excluding tert-OH is 1. The normalized spacial score (nSPS) is 11.1. The predicted octanol–water partition coefficient (Wildman–Crippen LogP) is 4.93. The van der Waals surface area contributed by atoms with Crippen LogP contribution in [0.5, 0.6) is 0 Å². The lowest BCUT2D eigenvalue weighted by atomic mass is 10.1. The smallest absolute Gasteiger partial charge is 0.0733 e. The summed E-state index contributed by atoms with van der Waals surface area (Å²) in [6.45, 7) is 2.14. The fourth-order valence-electron chi connectivity index (χ4n) is 2.98. The van der Waals surface area contributed by atoms with Crippen molar-refractivity contribution in [1.29, 1.82) is 0 Å². The summed E-state index contributed by atoms with van der Waals surface area (Å²) in [5, 5.41) is 14.9. The molecule has 0 aliphatic rings. The maximum Gasteiger partial charge on any atom is 0.0733 e. The Bertz CT molecular complexity index is 1020. The molecule has 3 nitrogen and oxygen atoms in total. The molecule has 24 heavy (non-hydrogen) atoms. The number of pyridine rings is 1. The summed E-state index contributed by atoms with van der Waals surface area (Å²) in [5.41, 5.74) is 6.12. The number of hydrogen-bond donors (Lipinski definition) is 2. The fourth-order valence-corrected chi connectivity index (χ4v) is 2.98. The summed E-state index contributed by atoms with van der Waals surface area (Å²) in [7, 11) is 0. The molecule has 0 radical (unpaired) electrons. The van der Waals surface area contributed by atoms with Gasteiger partial charge in [-0.1, -0.05) is 42.5 Å². The van der Waals surface area contributed by atoms with Crippen molar-refractivity contribution in [1.82, 2.24) is 4.98 Å². The van der Waals surface area contributed by atoms with E-state index in [1.807, 2.05) is 42.5 Å². The van der Waals surface area contributed by atoms with Crippen LogP contribution in [0, 0.1) is 6.92 Å². The number of benzene rings is 3. The van der Waals surface area contributed by atoms with E-state index in [2.05, 4.69) is 36.5 Å². The van der Waals surface area contributed by atoms with E-state index in [1.54, 1.807) is 0 Å². The molecule has 1 heterocycles. The Balaban J connectivity index is 1.92. The van der Waals surface area contributed by atoms with Gasteiger partial charge in [-0.05, 0) is 42.3 Å². The Hall–Kier alpha value is -2.91. The molecule has 0 unspecified atom stereocenters. The Labute approximate surface area is 140 Å². The van der Waals surface area contributed by atoms with Crippen LogP contribution < -0.4 is 5.32 Å². The SMILES string of the molecule is Cc1ccc2c(Nc3ccc(CO)cc3)c3ccccc3nc2c1. The predicted molar refractivity (Wildman–Crippen MR) is 99.6 cm³/mol. The molecule has 4 rings (SSSR count). The Morgan fingerprint density at radius 3 is 2.42 bits per heavy atom. The van der Waals surface area contributed by atoms with Gasteiger partial charge in [0.15, 0.2) is 0 Å². The third-order valence-electron chi connectivity index (χ3n) is 4.24. The van der Waals surface area contributed by atoms with E-state index in [9.17, 15) is 5.11 Å². The lowest BCUT2D eigenvalue weighted by Gasteiger charge is -2.14. The highest BCUT2D eigenvalue weighted by atomic mass is 16.3. The van der Waals surface area contributed by atoms with Gasteiger partial charge in [-0.3, -0.25) is 0 Å². The maximum absolute atomic E-state index is 9.20. The van der Waals surface area contributed by atoms with Crippen molar-refractivity contribution in [3.05, 3.63) is 77.9 Å². The van der Waals surface area contributed by atoms with Gasteiger partial charge >= 0.3 is 0 Å². The summed E-state index contributed by atoms with van der Waals surface area (Å²) in [6, 6.07) is 22.3. The first-order chi connectivity index (χ1) is 11.7. The Morgan fingerprint density at radius 1 is 0.875 bits per heavy atom. The highest BCUT2D eigenvalue weighted by Crippen LogP contribution is 2.33. The van der Waals surface area contributed by atoms with Crippen LogP contribution in [0.25, 0.3) is 21.8 Å². The number of hydrogen-bond acceptors (Lipinski definition) is 3. The second-order valence-corrected chi connectivity index (χ2v) is 6.00. The van der Waals surface area contributed by atoms with Gasteiger partial charge in [0.25, 0.3) is 0 Å². The summed E-state index contributed by atoms with van der Waals surface area (Å²) in [6.07, 6.45) is 0. The van der Waals surface area contributed by atoms with Crippen LogP contribution in [0.4, 0.5) is 11.4 Å². The molecule has 0 saturated heterocycles. The Morgan fingerprint density at radius 2 is 1.62 bits per heavy atom. The molecule has 3 aromatic carbocycles. The summed E-state index contributed by atoms with van der Waals surface area (Å²) in [4.78, 5) is 4.80. The van der Waals surface area contributed by atoms with Crippen LogP contribution in [0.2, 0.25) is 0 Å².